The number of benzene rings is 2. The number of nitrogens with one attached hydrogen (secondary N) is 1. The number of phenolic OH excluding ortho intramolecular Hbond substituents is 1. The molecule has 1 unspecified atom stereocenters. The number of aromatic hydroxyl groups is 1. The number of primary amides is 2. The number of carbonyl (C=O) groups excluding carboxylic acids is 3. The fourth-order valence-corrected chi connectivity index (χ4v) is 5.49. The van der Waals surface area contributed by atoms with Crippen molar-refractivity contribution in [1.82, 2.24) is 10.2 Å². The Morgan fingerprint density at radius 3 is 2.17 bits per heavy atom. The van der Waals surface area contributed by atoms with Gasteiger partial charge in [0.25, 0.3) is 0 Å². The van der Waals surface area contributed by atoms with Crippen molar-refractivity contribution in [2.75, 3.05) is 19.6 Å². The molecule has 0 heterocycles. The van der Waals surface area contributed by atoms with Gasteiger partial charge in [-0.3, -0.25) is 14.4 Å². The molecule has 3 rings (SSSR count). The zero-order valence-corrected chi connectivity index (χ0v) is 23.9. The molecule has 0 fully saturated rings. The van der Waals surface area contributed by atoms with Gasteiger partial charge < -0.3 is 31.9 Å². The van der Waals surface area contributed by atoms with Crippen molar-refractivity contribution in [2.45, 2.75) is 52.2 Å². The Labute approximate surface area is 241 Å². The summed E-state index contributed by atoms with van der Waals surface area (Å²) in [5.41, 5.74) is 12.2. The highest BCUT2D eigenvalue weighted by Crippen LogP contribution is 2.44. The normalized spacial score (nSPS) is 18.1. The van der Waals surface area contributed by atoms with Crippen LogP contribution in [0.5, 0.6) is 5.75 Å². The van der Waals surface area contributed by atoms with Gasteiger partial charge in [-0.1, -0.05) is 62.4 Å². The number of amides is 3. The van der Waals surface area contributed by atoms with Crippen LogP contribution >= 0.6 is 0 Å². The SMILES string of the molecule is CCCN(CCC)C(=O)C1=CC(C(N)=O)=CC(C(N)=O)([C@H](Cc2ccc(O)cc2)[C@@H](O)CNCc2ccccc2)C1. The van der Waals surface area contributed by atoms with Gasteiger partial charge in [0.1, 0.15) is 5.75 Å². The van der Waals surface area contributed by atoms with Crippen LogP contribution in [-0.4, -0.2) is 58.6 Å². The minimum atomic E-state index is -1.58. The van der Waals surface area contributed by atoms with Crippen LogP contribution in [0.2, 0.25) is 0 Å². The summed E-state index contributed by atoms with van der Waals surface area (Å²) < 4.78 is 0. The maximum atomic E-state index is 13.7. The summed E-state index contributed by atoms with van der Waals surface area (Å²) in [5, 5.41) is 24.7. The summed E-state index contributed by atoms with van der Waals surface area (Å²) in [5.74, 6) is -2.59. The number of rotatable bonds is 15. The number of phenols is 1. The number of aliphatic hydroxyl groups is 1. The first kappa shape index (κ1) is 31.6. The first-order valence-electron chi connectivity index (χ1n) is 14.1. The van der Waals surface area contributed by atoms with Crippen LogP contribution < -0.4 is 16.8 Å². The van der Waals surface area contributed by atoms with Crippen LogP contribution in [0.15, 0.2) is 77.9 Å². The molecule has 3 atom stereocenters. The lowest BCUT2D eigenvalue weighted by Gasteiger charge is -2.42. The lowest BCUT2D eigenvalue weighted by molar-refractivity contribution is -0.132. The smallest absolute Gasteiger partial charge is 0.249 e. The van der Waals surface area contributed by atoms with Crippen molar-refractivity contribution in [2.24, 2.45) is 22.8 Å². The molecule has 2 aromatic carbocycles. The number of carbonyl (C=O) groups is 3. The topological polar surface area (TPSA) is 159 Å². The van der Waals surface area contributed by atoms with E-state index in [0.717, 1.165) is 24.0 Å². The summed E-state index contributed by atoms with van der Waals surface area (Å²) in [6.07, 6.45) is 3.38. The number of aliphatic hydroxyl groups excluding tert-OH is 1. The van der Waals surface area contributed by atoms with Crippen LogP contribution in [0.25, 0.3) is 0 Å². The van der Waals surface area contributed by atoms with Crippen LogP contribution in [-0.2, 0) is 27.3 Å². The Balaban J connectivity index is 2.04. The summed E-state index contributed by atoms with van der Waals surface area (Å²) in [4.78, 5) is 41.3. The number of hydrogen-bond donors (Lipinski definition) is 5. The van der Waals surface area contributed by atoms with E-state index in [9.17, 15) is 24.6 Å². The molecule has 0 saturated carbocycles. The molecule has 0 bridgehead atoms. The first-order chi connectivity index (χ1) is 19.6. The zero-order valence-electron chi connectivity index (χ0n) is 23.9. The van der Waals surface area contributed by atoms with E-state index in [1.165, 1.54) is 24.3 Å². The van der Waals surface area contributed by atoms with E-state index in [-0.39, 0.29) is 42.2 Å². The van der Waals surface area contributed by atoms with Crippen molar-refractivity contribution in [3.05, 3.63) is 89.0 Å². The molecule has 9 nitrogen and oxygen atoms in total. The van der Waals surface area contributed by atoms with Crippen molar-refractivity contribution >= 4 is 17.7 Å². The van der Waals surface area contributed by atoms with Gasteiger partial charge in [0.2, 0.25) is 17.7 Å². The predicted octanol–water partition coefficient (Wildman–Crippen LogP) is 2.56. The third-order valence-electron chi connectivity index (χ3n) is 7.56. The molecule has 1 aliphatic rings. The van der Waals surface area contributed by atoms with Gasteiger partial charge in [-0.2, -0.15) is 0 Å². The second-order valence-electron chi connectivity index (χ2n) is 10.7. The fourth-order valence-electron chi connectivity index (χ4n) is 5.49. The second kappa shape index (κ2) is 14.6. The monoisotopic (exact) mass is 562 g/mol. The summed E-state index contributed by atoms with van der Waals surface area (Å²) in [6.45, 7) is 5.60. The highest BCUT2D eigenvalue weighted by atomic mass is 16.3. The van der Waals surface area contributed by atoms with Crippen LogP contribution in [0, 0.1) is 11.3 Å². The van der Waals surface area contributed by atoms with Gasteiger partial charge >= 0.3 is 0 Å². The predicted molar refractivity (Wildman–Crippen MR) is 158 cm³/mol. The average molecular weight is 563 g/mol. The van der Waals surface area contributed by atoms with Crippen LogP contribution in [0.4, 0.5) is 0 Å². The van der Waals surface area contributed by atoms with E-state index in [1.54, 1.807) is 17.0 Å². The third-order valence-corrected chi connectivity index (χ3v) is 7.56. The van der Waals surface area contributed by atoms with Crippen molar-refractivity contribution in [3.8, 4) is 5.75 Å². The van der Waals surface area contributed by atoms with Gasteiger partial charge in [-0.25, -0.2) is 0 Å². The summed E-state index contributed by atoms with van der Waals surface area (Å²) in [6, 6.07) is 16.1. The number of nitrogens with two attached hydrogens (primary N) is 2. The molecule has 9 heteroatoms. The van der Waals surface area contributed by atoms with E-state index in [4.69, 9.17) is 11.5 Å². The minimum absolute atomic E-state index is 0.00602. The molecule has 7 N–H and O–H groups in total. The molecule has 0 spiro atoms. The lowest BCUT2D eigenvalue weighted by Crippen LogP contribution is -2.52. The minimum Gasteiger partial charge on any atom is -0.508 e. The van der Waals surface area contributed by atoms with Gasteiger partial charge in [0.15, 0.2) is 0 Å². The fraction of sp³-hybridized carbons (Fsp3) is 0.406. The van der Waals surface area contributed by atoms with E-state index >= 15 is 0 Å². The summed E-state index contributed by atoms with van der Waals surface area (Å²) in [7, 11) is 0. The highest BCUT2D eigenvalue weighted by molar-refractivity contribution is 6.03. The molecular weight excluding hydrogens is 520 g/mol. The first-order valence-corrected chi connectivity index (χ1v) is 14.1. The largest absolute Gasteiger partial charge is 0.508 e. The number of nitrogens with zero attached hydrogens (tertiary/aromatic N) is 1. The molecule has 3 amide bonds. The van der Waals surface area contributed by atoms with Gasteiger partial charge in [-0.15, -0.1) is 0 Å². The van der Waals surface area contributed by atoms with Crippen molar-refractivity contribution in [1.29, 1.82) is 0 Å². The van der Waals surface area contributed by atoms with Crippen LogP contribution in [0.1, 0.15) is 44.2 Å². The standard InChI is InChI=1S/C32H42N4O5/c1-3-14-36(15-4-2)30(40)25-17-24(29(33)39)18-32(19-25,31(34)41)27(16-22-10-12-26(37)13-11-22)28(38)21-35-20-23-8-6-5-7-9-23/h5-13,17-18,27-28,35,37-38H,3-4,14-16,19-21H2,1-2H3,(H2,33,39)(H2,34,41)/t27-,28+,32?/m1/s1. The average Bonchev–Trinajstić information content (AvgIpc) is 2.96. The molecule has 2 aromatic rings. The third kappa shape index (κ3) is 8.05. The van der Waals surface area contributed by atoms with Crippen molar-refractivity contribution < 1.29 is 24.6 Å². The second-order valence-corrected chi connectivity index (χ2v) is 10.7. The molecule has 1 aliphatic carbocycles. The van der Waals surface area contributed by atoms with E-state index in [1.807, 2.05) is 44.2 Å². The Kier molecular flexibility index (Phi) is 11.3. The van der Waals surface area contributed by atoms with E-state index in [0.29, 0.717) is 19.6 Å². The molecule has 41 heavy (non-hydrogen) atoms. The molecule has 0 radical (unpaired) electrons. The van der Waals surface area contributed by atoms with Gasteiger partial charge in [-0.05, 0) is 55.0 Å². The zero-order chi connectivity index (χ0) is 30.0. The molecular formula is C32H42N4O5. The maximum absolute atomic E-state index is 13.7. The van der Waals surface area contributed by atoms with Gasteiger partial charge in [0, 0.05) is 43.2 Å². The molecule has 0 saturated heterocycles. The lowest BCUT2D eigenvalue weighted by atomic mass is 9.63. The Bertz CT molecular complexity index is 1250. The summed E-state index contributed by atoms with van der Waals surface area (Å²) >= 11 is 0. The van der Waals surface area contributed by atoms with Crippen molar-refractivity contribution in [3.63, 3.8) is 0 Å². The molecule has 220 valence electrons. The maximum Gasteiger partial charge on any atom is 0.249 e. The molecule has 0 aromatic heterocycles. The highest BCUT2D eigenvalue weighted by Gasteiger charge is 2.49. The quantitative estimate of drug-likeness (QED) is 0.224. The van der Waals surface area contributed by atoms with Crippen LogP contribution in [0.3, 0.4) is 0 Å². The Hall–Kier alpha value is -3.95. The number of hydrogen-bond acceptors (Lipinski definition) is 6. The Morgan fingerprint density at radius 1 is 0.976 bits per heavy atom. The molecule has 0 aliphatic heterocycles. The van der Waals surface area contributed by atoms with E-state index < -0.39 is 29.3 Å². The Morgan fingerprint density at radius 2 is 1.61 bits per heavy atom. The van der Waals surface area contributed by atoms with Gasteiger partial charge in [0.05, 0.1) is 11.5 Å². The van der Waals surface area contributed by atoms with E-state index in [2.05, 4.69) is 5.32 Å².